The zero-order chi connectivity index (χ0) is 15.2. The topological polar surface area (TPSA) is 58.4 Å². The minimum Gasteiger partial charge on any atom is -0.351 e. The Morgan fingerprint density at radius 1 is 1.52 bits per heavy atom. The van der Waals surface area contributed by atoms with Gasteiger partial charge in [-0.2, -0.15) is 0 Å². The fourth-order valence-corrected chi connectivity index (χ4v) is 2.76. The summed E-state index contributed by atoms with van der Waals surface area (Å²) in [6.45, 7) is 4.40. The van der Waals surface area contributed by atoms with Crippen LogP contribution in [0.2, 0.25) is 0 Å². The molecule has 1 aliphatic heterocycles. The highest BCUT2D eigenvalue weighted by atomic mass is 19.1. The first-order valence-electron chi connectivity index (χ1n) is 7.54. The van der Waals surface area contributed by atoms with E-state index in [9.17, 15) is 9.18 Å². The molecular weight excluding hydrogens is 269 g/mol. The van der Waals surface area contributed by atoms with Crippen molar-refractivity contribution in [3.05, 3.63) is 35.6 Å². The maximum absolute atomic E-state index is 13.5. The second kappa shape index (κ2) is 7.52. The van der Waals surface area contributed by atoms with Crippen LogP contribution in [0.3, 0.4) is 0 Å². The van der Waals surface area contributed by atoms with Gasteiger partial charge in [0.25, 0.3) is 0 Å². The first-order chi connectivity index (χ1) is 10.1. The van der Waals surface area contributed by atoms with Crippen LogP contribution in [0, 0.1) is 11.7 Å². The summed E-state index contributed by atoms with van der Waals surface area (Å²) >= 11 is 0. The summed E-state index contributed by atoms with van der Waals surface area (Å²) in [4.78, 5) is 14.1. The molecule has 1 saturated heterocycles. The van der Waals surface area contributed by atoms with E-state index in [0.29, 0.717) is 18.0 Å². The summed E-state index contributed by atoms with van der Waals surface area (Å²) in [7, 11) is 0. The number of carbonyl (C=O) groups excluding carboxylic acids is 1. The fraction of sp³-hybridized carbons (Fsp3) is 0.562. The molecule has 5 heteroatoms. The van der Waals surface area contributed by atoms with Crippen molar-refractivity contribution in [3.8, 4) is 0 Å². The molecule has 1 amide bonds. The van der Waals surface area contributed by atoms with Crippen LogP contribution in [0.25, 0.3) is 0 Å². The van der Waals surface area contributed by atoms with Gasteiger partial charge in [-0.3, -0.25) is 9.69 Å². The van der Waals surface area contributed by atoms with Crippen molar-refractivity contribution >= 4 is 5.91 Å². The third-order valence-corrected chi connectivity index (χ3v) is 4.09. The van der Waals surface area contributed by atoms with E-state index in [1.807, 2.05) is 6.92 Å². The Kier molecular flexibility index (Phi) is 5.70. The first kappa shape index (κ1) is 15.9. The number of nitrogens with zero attached hydrogens (tertiary/aromatic N) is 1. The normalized spacial score (nSPS) is 21.0. The van der Waals surface area contributed by atoms with E-state index in [2.05, 4.69) is 10.2 Å². The van der Waals surface area contributed by atoms with E-state index in [4.69, 9.17) is 5.73 Å². The Labute approximate surface area is 125 Å². The lowest BCUT2D eigenvalue weighted by Crippen LogP contribution is -2.46. The number of halogens is 1. The van der Waals surface area contributed by atoms with Crippen LogP contribution < -0.4 is 11.1 Å². The number of rotatable bonds is 5. The molecule has 0 bridgehead atoms. The number of amides is 1. The summed E-state index contributed by atoms with van der Waals surface area (Å²) in [6.07, 6.45) is 2.21. The van der Waals surface area contributed by atoms with Gasteiger partial charge in [-0.25, -0.2) is 4.39 Å². The van der Waals surface area contributed by atoms with Crippen LogP contribution >= 0.6 is 0 Å². The highest BCUT2D eigenvalue weighted by molar-refractivity contribution is 5.78. The molecule has 116 valence electrons. The second-order valence-electron chi connectivity index (χ2n) is 5.86. The van der Waals surface area contributed by atoms with E-state index >= 15 is 0 Å². The van der Waals surface area contributed by atoms with Gasteiger partial charge in [0, 0.05) is 24.7 Å². The SMILES string of the molecule is CC(N)C1CCCN(CC(=O)NCc2ccccc2F)C1. The average molecular weight is 293 g/mol. The lowest BCUT2D eigenvalue weighted by atomic mass is 9.92. The Bertz CT molecular complexity index is 478. The average Bonchev–Trinajstić information content (AvgIpc) is 2.46. The third-order valence-electron chi connectivity index (χ3n) is 4.09. The number of piperidine rings is 1. The highest BCUT2D eigenvalue weighted by Crippen LogP contribution is 2.18. The standard InChI is InChI=1S/C16H24FN3O/c1-12(18)14-6-4-8-20(10-14)11-16(21)19-9-13-5-2-3-7-15(13)17/h2-3,5,7,12,14H,4,6,8-11,18H2,1H3,(H,19,21). The smallest absolute Gasteiger partial charge is 0.234 e. The molecule has 0 radical (unpaired) electrons. The van der Waals surface area contributed by atoms with Gasteiger partial charge in [-0.05, 0) is 38.3 Å². The zero-order valence-electron chi connectivity index (χ0n) is 12.5. The molecule has 3 N–H and O–H groups in total. The molecule has 1 aliphatic rings. The van der Waals surface area contributed by atoms with Gasteiger partial charge in [-0.1, -0.05) is 18.2 Å². The Balaban J connectivity index is 1.78. The van der Waals surface area contributed by atoms with E-state index in [0.717, 1.165) is 25.9 Å². The molecule has 1 aromatic carbocycles. The van der Waals surface area contributed by atoms with Crippen molar-refractivity contribution in [1.29, 1.82) is 0 Å². The number of likely N-dealkylation sites (tertiary alicyclic amines) is 1. The molecule has 2 atom stereocenters. The molecule has 0 spiro atoms. The second-order valence-corrected chi connectivity index (χ2v) is 5.86. The van der Waals surface area contributed by atoms with Gasteiger partial charge in [0.05, 0.1) is 6.54 Å². The molecule has 2 rings (SSSR count). The fourth-order valence-electron chi connectivity index (χ4n) is 2.76. The van der Waals surface area contributed by atoms with Gasteiger partial charge in [0.2, 0.25) is 5.91 Å². The summed E-state index contributed by atoms with van der Waals surface area (Å²) in [5, 5.41) is 2.78. The van der Waals surface area contributed by atoms with Gasteiger partial charge in [0.15, 0.2) is 0 Å². The number of hydrogen-bond donors (Lipinski definition) is 2. The molecule has 1 fully saturated rings. The molecule has 21 heavy (non-hydrogen) atoms. The quantitative estimate of drug-likeness (QED) is 0.865. The third kappa shape index (κ3) is 4.79. The van der Waals surface area contributed by atoms with Gasteiger partial charge in [0.1, 0.15) is 5.82 Å². The number of hydrogen-bond acceptors (Lipinski definition) is 3. The van der Waals surface area contributed by atoms with Crippen LogP contribution in [0.15, 0.2) is 24.3 Å². The largest absolute Gasteiger partial charge is 0.351 e. The van der Waals surface area contributed by atoms with Crippen molar-refractivity contribution in [1.82, 2.24) is 10.2 Å². The summed E-state index contributed by atoms with van der Waals surface area (Å²) in [6, 6.07) is 6.65. The predicted octanol–water partition coefficient (Wildman–Crippen LogP) is 1.50. The minimum absolute atomic E-state index is 0.0661. The lowest BCUT2D eigenvalue weighted by Gasteiger charge is -2.34. The Morgan fingerprint density at radius 2 is 2.29 bits per heavy atom. The van der Waals surface area contributed by atoms with E-state index in [1.54, 1.807) is 18.2 Å². The Hall–Kier alpha value is -1.46. The predicted molar refractivity (Wildman–Crippen MR) is 81.1 cm³/mol. The highest BCUT2D eigenvalue weighted by Gasteiger charge is 2.23. The lowest BCUT2D eigenvalue weighted by molar-refractivity contribution is -0.122. The molecule has 1 heterocycles. The maximum Gasteiger partial charge on any atom is 0.234 e. The zero-order valence-corrected chi connectivity index (χ0v) is 12.5. The molecule has 0 aliphatic carbocycles. The van der Waals surface area contributed by atoms with Gasteiger partial charge in [-0.15, -0.1) is 0 Å². The van der Waals surface area contributed by atoms with Crippen LogP contribution in [0.5, 0.6) is 0 Å². The summed E-state index contributed by atoms with van der Waals surface area (Å²) in [5.41, 5.74) is 6.45. The van der Waals surface area contributed by atoms with Crippen molar-refractivity contribution in [2.75, 3.05) is 19.6 Å². The van der Waals surface area contributed by atoms with Crippen molar-refractivity contribution in [2.24, 2.45) is 11.7 Å². The minimum atomic E-state index is -0.284. The molecule has 0 saturated carbocycles. The van der Waals surface area contributed by atoms with Crippen molar-refractivity contribution in [3.63, 3.8) is 0 Å². The van der Waals surface area contributed by atoms with E-state index in [-0.39, 0.29) is 24.3 Å². The van der Waals surface area contributed by atoms with Crippen LogP contribution in [0.4, 0.5) is 4.39 Å². The van der Waals surface area contributed by atoms with Crippen LogP contribution in [-0.4, -0.2) is 36.5 Å². The Morgan fingerprint density at radius 3 is 3.00 bits per heavy atom. The molecule has 0 aromatic heterocycles. The van der Waals surface area contributed by atoms with E-state index in [1.165, 1.54) is 6.07 Å². The first-order valence-corrected chi connectivity index (χ1v) is 7.54. The number of carbonyl (C=O) groups is 1. The van der Waals surface area contributed by atoms with E-state index < -0.39 is 0 Å². The molecule has 2 unspecified atom stereocenters. The van der Waals surface area contributed by atoms with Crippen LogP contribution in [0.1, 0.15) is 25.3 Å². The van der Waals surface area contributed by atoms with Crippen molar-refractivity contribution in [2.45, 2.75) is 32.4 Å². The number of nitrogens with two attached hydrogens (primary N) is 1. The number of nitrogens with one attached hydrogen (secondary N) is 1. The molecule has 1 aromatic rings. The molecule has 4 nitrogen and oxygen atoms in total. The monoisotopic (exact) mass is 293 g/mol. The number of benzene rings is 1. The van der Waals surface area contributed by atoms with Crippen molar-refractivity contribution < 1.29 is 9.18 Å². The van der Waals surface area contributed by atoms with Gasteiger partial charge < -0.3 is 11.1 Å². The maximum atomic E-state index is 13.5. The van der Waals surface area contributed by atoms with Crippen LogP contribution in [-0.2, 0) is 11.3 Å². The summed E-state index contributed by atoms with van der Waals surface area (Å²) in [5.74, 6) is 0.106. The van der Waals surface area contributed by atoms with Gasteiger partial charge >= 0.3 is 0 Å². The summed E-state index contributed by atoms with van der Waals surface area (Å²) < 4.78 is 13.5. The molecular formula is C16H24FN3O.